The van der Waals surface area contributed by atoms with Crippen LogP contribution in [0.25, 0.3) is 0 Å². The third-order valence-electron chi connectivity index (χ3n) is 2.47. The summed E-state index contributed by atoms with van der Waals surface area (Å²) in [7, 11) is 0. The molecule has 0 atom stereocenters. The van der Waals surface area contributed by atoms with Gasteiger partial charge in [0.15, 0.2) is 0 Å². The number of hydrogen-bond donors (Lipinski definition) is 2. The second kappa shape index (κ2) is 6.11. The molecule has 0 aromatic carbocycles. The average Bonchev–Trinajstić information content (AvgIpc) is 2.96. The maximum atomic E-state index is 12.0. The van der Waals surface area contributed by atoms with Crippen LogP contribution in [0.2, 0.25) is 5.02 Å². The van der Waals surface area contributed by atoms with Crippen LogP contribution in [0.3, 0.4) is 0 Å². The van der Waals surface area contributed by atoms with E-state index >= 15 is 0 Å². The summed E-state index contributed by atoms with van der Waals surface area (Å²) in [6, 6.07) is 3.21. The monoisotopic (exact) mass is 312 g/mol. The fourth-order valence-electron chi connectivity index (χ4n) is 1.64. The lowest BCUT2D eigenvalue weighted by Gasteiger charge is -2.04. The molecule has 2 aromatic heterocycles. The molecule has 0 radical (unpaired) electrons. The largest absolute Gasteiger partial charge is 0.462 e. The van der Waals surface area contributed by atoms with Gasteiger partial charge in [0.25, 0.3) is 5.91 Å². The maximum Gasteiger partial charge on any atom is 0.341 e. The van der Waals surface area contributed by atoms with Crippen LogP contribution >= 0.6 is 22.9 Å². The maximum absolute atomic E-state index is 12.0. The number of amides is 1. The van der Waals surface area contributed by atoms with Crippen molar-refractivity contribution in [1.82, 2.24) is 4.98 Å². The van der Waals surface area contributed by atoms with Gasteiger partial charge >= 0.3 is 5.97 Å². The number of aryl methyl sites for hydroxylation is 1. The van der Waals surface area contributed by atoms with Crippen molar-refractivity contribution in [2.24, 2.45) is 0 Å². The molecule has 7 heteroatoms. The highest BCUT2D eigenvalue weighted by Gasteiger charge is 2.19. The Kier molecular flexibility index (Phi) is 4.46. The van der Waals surface area contributed by atoms with Gasteiger partial charge in [0.1, 0.15) is 10.7 Å². The van der Waals surface area contributed by atoms with Crippen LogP contribution in [0.1, 0.15) is 32.6 Å². The molecule has 2 aromatic rings. The van der Waals surface area contributed by atoms with E-state index < -0.39 is 5.97 Å². The Balaban J connectivity index is 2.21. The van der Waals surface area contributed by atoms with Crippen molar-refractivity contribution in [3.05, 3.63) is 39.5 Å². The molecule has 0 saturated carbocycles. The van der Waals surface area contributed by atoms with E-state index in [0.717, 1.165) is 4.88 Å². The van der Waals surface area contributed by atoms with Gasteiger partial charge in [0.05, 0.1) is 17.2 Å². The SMILES string of the molecule is CCOC(=O)c1cc(C)sc1NC(=O)c1cc(Cl)c[nH]1. The number of ether oxygens (including phenoxy) is 1. The van der Waals surface area contributed by atoms with Gasteiger partial charge in [-0.15, -0.1) is 11.3 Å². The number of thiophene rings is 1. The third-order valence-corrected chi connectivity index (χ3v) is 3.65. The average molecular weight is 313 g/mol. The second-order valence-electron chi connectivity index (χ2n) is 4.01. The first-order valence-electron chi connectivity index (χ1n) is 5.94. The van der Waals surface area contributed by atoms with E-state index in [-0.39, 0.29) is 12.5 Å². The molecule has 0 aliphatic carbocycles. The lowest BCUT2D eigenvalue weighted by molar-refractivity contribution is 0.0528. The highest BCUT2D eigenvalue weighted by molar-refractivity contribution is 7.16. The van der Waals surface area contributed by atoms with E-state index in [1.54, 1.807) is 13.0 Å². The Morgan fingerprint density at radius 2 is 2.20 bits per heavy atom. The first-order chi connectivity index (χ1) is 9.51. The number of carbonyl (C=O) groups excluding carboxylic acids is 2. The van der Waals surface area contributed by atoms with Crippen LogP contribution in [0.5, 0.6) is 0 Å². The van der Waals surface area contributed by atoms with Crippen LogP contribution in [0, 0.1) is 6.92 Å². The van der Waals surface area contributed by atoms with Crippen LogP contribution in [-0.4, -0.2) is 23.5 Å². The van der Waals surface area contributed by atoms with E-state index in [2.05, 4.69) is 10.3 Å². The number of aromatic nitrogens is 1. The lowest BCUT2D eigenvalue weighted by atomic mass is 10.3. The Hall–Kier alpha value is -1.79. The van der Waals surface area contributed by atoms with Gasteiger partial charge in [-0.05, 0) is 26.0 Å². The molecule has 0 aliphatic rings. The number of aromatic amines is 1. The summed E-state index contributed by atoms with van der Waals surface area (Å²) in [6.07, 6.45) is 1.52. The predicted octanol–water partition coefficient (Wildman–Crippen LogP) is 3.47. The fourth-order valence-corrected chi connectivity index (χ4v) is 2.70. The highest BCUT2D eigenvalue weighted by Crippen LogP contribution is 2.28. The molecule has 2 N–H and O–H groups in total. The van der Waals surface area contributed by atoms with E-state index in [4.69, 9.17) is 16.3 Å². The van der Waals surface area contributed by atoms with Gasteiger partial charge in [-0.3, -0.25) is 4.79 Å². The normalized spacial score (nSPS) is 10.3. The number of esters is 1. The Morgan fingerprint density at radius 3 is 2.80 bits per heavy atom. The minimum absolute atomic E-state index is 0.285. The van der Waals surface area contributed by atoms with Gasteiger partial charge in [0.2, 0.25) is 0 Å². The number of carbonyl (C=O) groups is 2. The first-order valence-corrected chi connectivity index (χ1v) is 7.13. The minimum atomic E-state index is -0.448. The molecule has 5 nitrogen and oxygen atoms in total. The molecular weight excluding hydrogens is 300 g/mol. The zero-order valence-electron chi connectivity index (χ0n) is 11.0. The van der Waals surface area contributed by atoms with Gasteiger partial charge < -0.3 is 15.0 Å². The minimum Gasteiger partial charge on any atom is -0.462 e. The molecule has 0 bridgehead atoms. The topological polar surface area (TPSA) is 71.2 Å². The van der Waals surface area contributed by atoms with Crippen molar-refractivity contribution >= 4 is 39.8 Å². The number of rotatable bonds is 4. The molecule has 0 aliphatic heterocycles. The quantitative estimate of drug-likeness (QED) is 0.849. The van der Waals surface area contributed by atoms with Crippen molar-refractivity contribution in [2.45, 2.75) is 13.8 Å². The van der Waals surface area contributed by atoms with Crippen molar-refractivity contribution < 1.29 is 14.3 Å². The molecular formula is C13H13ClN2O3S. The predicted molar refractivity (Wildman–Crippen MR) is 78.8 cm³/mol. The summed E-state index contributed by atoms with van der Waals surface area (Å²) >= 11 is 7.07. The van der Waals surface area contributed by atoms with Crippen molar-refractivity contribution in [3.8, 4) is 0 Å². The van der Waals surface area contributed by atoms with Crippen molar-refractivity contribution in [2.75, 3.05) is 11.9 Å². The first kappa shape index (κ1) is 14.6. The molecule has 0 spiro atoms. The van der Waals surface area contributed by atoms with Crippen molar-refractivity contribution in [3.63, 3.8) is 0 Å². The van der Waals surface area contributed by atoms with Gasteiger partial charge in [-0.25, -0.2) is 4.79 Å². The lowest BCUT2D eigenvalue weighted by Crippen LogP contribution is -2.14. The summed E-state index contributed by atoms with van der Waals surface area (Å²) in [5, 5.41) is 3.61. The summed E-state index contributed by atoms with van der Waals surface area (Å²) < 4.78 is 4.96. The molecule has 2 heterocycles. The van der Waals surface area contributed by atoms with Crippen LogP contribution < -0.4 is 5.32 Å². The molecule has 106 valence electrons. The summed E-state index contributed by atoms with van der Waals surface area (Å²) in [5.74, 6) is -0.805. The van der Waals surface area contributed by atoms with E-state index in [1.807, 2.05) is 6.92 Å². The molecule has 0 fully saturated rings. The van der Waals surface area contributed by atoms with Gasteiger partial charge in [-0.1, -0.05) is 11.6 Å². The molecule has 20 heavy (non-hydrogen) atoms. The number of hydrogen-bond acceptors (Lipinski definition) is 4. The summed E-state index contributed by atoms with van der Waals surface area (Å²) in [4.78, 5) is 27.5. The zero-order valence-corrected chi connectivity index (χ0v) is 12.5. The van der Waals surface area contributed by atoms with Crippen LogP contribution in [-0.2, 0) is 4.74 Å². The standard InChI is InChI=1S/C13H13ClN2O3S/c1-3-19-13(18)9-4-7(2)20-12(9)16-11(17)10-5-8(14)6-15-10/h4-6,15H,3H2,1-2H3,(H,16,17). The zero-order chi connectivity index (χ0) is 14.7. The Bertz CT molecular complexity index is 648. The summed E-state index contributed by atoms with van der Waals surface area (Å²) in [6.45, 7) is 3.87. The van der Waals surface area contributed by atoms with E-state index in [1.165, 1.54) is 23.6 Å². The molecule has 0 unspecified atom stereocenters. The van der Waals surface area contributed by atoms with E-state index in [0.29, 0.717) is 21.3 Å². The number of anilines is 1. The Morgan fingerprint density at radius 1 is 1.45 bits per heavy atom. The van der Waals surface area contributed by atoms with Crippen molar-refractivity contribution in [1.29, 1.82) is 0 Å². The molecule has 1 amide bonds. The highest BCUT2D eigenvalue weighted by atomic mass is 35.5. The van der Waals surface area contributed by atoms with Crippen LogP contribution in [0.4, 0.5) is 5.00 Å². The van der Waals surface area contributed by atoms with E-state index in [9.17, 15) is 9.59 Å². The van der Waals surface area contributed by atoms with Crippen LogP contribution in [0.15, 0.2) is 18.3 Å². The number of nitrogens with one attached hydrogen (secondary N) is 2. The second-order valence-corrected chi connectivity index (χ2v) is 5.70. The van der Waals surface area contributed by atoms with Gasteiger partial charge in [-0.2, -0.15) is 0 Å². The molecule has 0 saturated heterocycles. The van der Waals surface area contributed by atoms with Gasteiger partial charge in [0, 0.05) is 11.1 Å². The fraction of sp³-hybridized carbons (Fsp3) is 0.231. The Labute approximate surface area is 124 Å². The number of H-pyrrole nitrogens is 1. The third kappa shape index (κ3) is 3.20. The smallest absolute Gasteiger partial charge is 0.341 e. The number of halogens is 1. The summed E-state index contributed by atoms with van der Waals surface area (Å²) in [5.41, 5.74) is 0.691. The molecule has 2 rings (SSSR count).